The fourth-order valence-corrected chi connectivity index (χ4v) is 2.99. The van der Waals surface area contributed by atoms with Gasteiger partial charge in [0.15, 0.2) is 11.6 Å². The van der Waals surface area contributed by atoms with Crippen molar-refractivity contribution in [1.82, 2.24) is 4.90 Å². The molecule has 0 spiro atoms. The number of hydrogen-bond donors (Lipinski definition) is 0. The summed E-state index contributed by atoms with van der Waals surface area (Å²) in [6, 6.07) is 7.93. The third kappa shape index (κ3) is 3.83. The summed E-state index contributed by atoms with van der Waals surface area (Å²) in [6.45, 7) is 7.78. The molecule has 1 amide bonds. The first-order valence-corrected chi connectivity index (χ1v) is 8.35. The van der Waals surface area contributed by atoms with Gasteiger partial charge >= 0.3 is 6.09 Å². The molecule has 0 aromatic heterocycles. The lowest BCUT2D eigenvalue weighted by Crippen LogP contribution is -2.50. The highest BCUT2D eigenvalue weighted by molar-refractivity contribution is 5.94. The summed E-state index contributed by atoms with van der Waals surface area (Å²) in [6.07, 6.45) is -0.321. The van der Waals surface area contributed by atoms with Gasteiger partial charge in [0.2, 0.25) is 0 Å². The molecule has 1 aliphatic rings. The van der Waals surface area contributed by atoms with Gasteiger partial charge in [-0.2, -0.15) is 0 Å². The third-order valence-corrected chi connectivity index (χ3v) is 4.17. The van der Waals surface area contributed by atoms with Crippen molar-refractivity contribution in [2.75, 3.05) is 31.1 Å². The second-order valence-corrected chi connectivity index (χ2v) is 7.22. The van der Waals surface area contributed by atoms with Crippen molar-refractivity contribution >= 4 is 22.6 Å². The highest BCUT2D eigenvalue weighted by Crippen LogP contribution is 2.29. The molecule has 0 bridgehead atoms. The van der Waals surface area contributed by atoms with Gasteiger partial charge in [0, 0.05) is 37.3 Å². The smallest absolute Gasteiger partial charge is 0.410 e. The Bertz CT molecular complexity index is 794. The summed E-state index contributed by atoms with van der Waals surface area (Å²) in [5, 5.41) is 1.33. The maximum absolute atomic E-state index is 13.7. The minimum atomic E-state index is -0.854. The van der Waals surface area contributed by atoms with Crippen LogP contribution in [0.5, 0.6) is 0 Å². The molecule has 6 heteroatoms. The van der Waals surface area contributed by atoms with Crippen LogP contribution >= 0.6 is 0 Å². The molecule has 0 aliphatic carbocycles. The van der Waals surface area contributed by atoms with Gasteiger partial charge in [-0.15, -0.1) is 0 Å². The van der Waals surface area contributed by atoms with E-state index in [4.69, 9.17) is 4.74 Å². The maximum atomic E-state index is 13.7. The molecule has 1 saturated heterocycles. The normalized spacial score (nSPS) is 15.6. The fourth-order valence-electron chi connectivity index (χ4n) is 2.99. The first kappa shape index (κ1) is 17.5. The maximum Gasteiger partial charge on any atom is 0.410 e. The van der Waals surface area contributed by atoms with Crippen molar-refractivity contribution in [2.45, 2.75) is 26.4 Å². The van der Waals surface area contributed by atoms with Crippen LogP contribution in [-0.2, 0) is 4.74 Å². The van der Waals surface area contributed by atoms with Crippen LogP contribution in [0.4, 0.5) is 19.3 Å². The van der Waals surface area contributed by atoms with Crippen molar-refractivity contribution in [1.29, 1.82) is 0 Å². The van der Waals surface area contributed by atoms with Gasteiger partial charge in [-0.3, -0.25) is 0 Å². The average molecular weight is 348 g/mol. The summed E-state index contributed by atoms with van der Waals surface area (Å²) in [5.74, 6) is -1.70. The van der Waals surface area contributed by atoms with E-state index < -0.39 is 17.2 Å². The van der Waals surface area contributed by atoms with E-state index in [0.29, 0.717) is 37.0 Å². The number of carbonyl (C=O) groups excluding carboxylic acids is 1. The van der Waals surface area contributed by atoms with Crippen LogP contribution in [0.1, 0.15) is 20.8 Å². The Balaban J connectivity index is 1.76. The molecule has 134 valence electrons. The fraction of sp³-hybridized carbons (Fsp3) is 0.421. The Morgan fingerprint density at radius 1 is 1.04 bits per heavy atom. The summed E-state index contributed by atoms with van der Waals surface area (Å²) >= 11 is 0. The molecule has 4 nitrogen and oxygen atoms in total. The Hall–Kier alpha value is -2.37. The lowest BCUT2D eigenvalue weighted by atomic mass is 10.1. The van der Waals surface area contributed by atoms with Gasteiger partial charge < -0.3 is 14.5 Å². The second kappa shape index (κ2) is 6.50. The highest BCUT2D eigenvalue weighted by atomic mass is 19.2. The van der Waals surface area contributed by atoms with Gasteiger partial charge in [0.1, 0.15) is 5.60 Å². The Morgan fingerprint density at radius 3 is 2.32 bits per heavy atom. The topological polar surface area (TPSA) is 32.8 Å². The molecule has 3 rings (SSSR count). The molecular formula is C19H22F2N2O2. The van der Waals surface area contributed by atoms with Crippen LogP contribution in [0.2, 0.25) is 0 Å². The molecule has 1 aliphatic heterocycles. The lowest BCUT2D eigenvalue weighted by Gasteiger charge is -2.37. The van der Waals surface area contributed by atoms with E-state index in [1.165, 1.54) is 12.1 Å². The molecule has 0 unspecified atom stereocenters. The molecular weight excluding hydrogens is 326 g/mol. The number of fused-ring (bicyclic) bond motifs is 1. The van der Waals surface area contributed by atoms with Gasteiger partial charge in [-0.25, -0.2) is 13.6 Å². The van der Waals surface area contributed by atoms with Crippen LogP contribution in [0.3, 0.4) is 0 Å². The van der Waals surface area contributed by atoms with Crippen molar-refractivity contribution in [3.8, 4) is 0 Å². The number of hydrogen-bond acceptors (Lipinski definition) is 3. The van der Waals surface area contributed by atoms with Crippen molar-refractivity contribution in [3.63, 3.8) is 0 Å². The Kier molecular flexibility index (Phi) is 4.54. The summed E-state index contributed by atoms with van der Waals surface area (Å²) in [5.41, 5.74) is 0.325. The number of ether oxygens (including phenoxy) is 1. The number of anilines is 1. The molecule has 2 aromatic rings. The van der Waals surface area contributed by atoms with E-state index in [2.05, 4.69) is 4.90 Å². The van der Waals surface area contributed by atoms with Crippen LogP contribution in [0.15, 0.2) is 30.3 Å². The predicted molar refractivity (Wildman–Crippen MR) is 93.9 cm³/mol. The molecule has 1 heterocycles. The lowest BCUT2D eigenvalue weighted by molar-refractivity contribution is 0.0240. The Labute approximate surface area is 146 Å². The minimum absolute atomic E-state index is 0.321. The third-order valence-electron chi connectivity index (χ3n) is 4.17. The average Bonchev–Trinajstić information content (AvgIpc) is 2.54. The number of carbonyl (C=O) groups is 1. The SMILES string of the molecule is CC(C)(C)OC(=O)N1CCN(c2cccc3cc(F)c(F)cc23)CC1. The second-order valence-electron chi connectivity index (χ2n) is 7.22. The van der Waals surface area contributed by atoms with Crippen LogP contribution in [0, 0.1) is 11.6 Å². The van der Waals surface area contributed by atoms with E-state index in [1.807, 2.05) is 32.9 Å². The first-order chi connectivity index (χ1) is 11.7. The van der Waals surface area contributed by atoms with E-state index in [0.717, 1.165) is 5.69 Å². The van der Waals surface area contributed by atoms with Crippen molar-refractivity contribution < 1.29 is 18.3 Å². The van der Waals surface area contributed by atoms with Crippen LogP contribution in [-0.4, -0.2) is 42.8 Å². The largest absolute Gasteiger partial charge is 0.444 e. The zero-order chi connectivity index (χ0) is 18.2. The molecule has 0 N–H and O–H groups in total. The van der Waals surface area contributed by atoms with E-state index in [1.54, 1.807) is 11.0 Å². The molecule has 0 saturated carbocycles. The van der Waals surface area contributed by atoms with Crippen molar-refractivity contribution in [3.05, 3.63) is 42.0 Å². The number of halogens is 2. The van der Waals surface area contributed by atoms with Crippen LogP contribution in [0.25, 0.3) is 10.8 Å². The first-order valence-electron chi connectivity index (χ1n) is 8.35. The zero-order valence-corrected chi connectivity index (χ0v) is 14.7. The summed E-state index contributed by atoms with van der Waals surface area (Å²) in [4.78, 5) is 15.9. The quantitative estimate of drug-likeness (QED) is 0.775. The van der Waals surface area contributed by atoms with Crippen molar-refractivity contribution in [2.24, 2.45) is 0 Å². The number of amides is 1. The van der Waals surface area contributed by atoms with Gasteiger partial charge in [0.25, 0.3) is 0 Å². The van der Waals surface area contributed by atoms with Gasteiger partial charge in [0.05, 0.1) is 0 Å². The molecule has 25 heavy (non-hydrogen) atoms. The zero-order valence-electron chi connectivity index (χ0n) is 14.7. The highest BCUT2D eigenvalue weighted by Gasteiger charge is 2.26. The number of benzene rings is 2. The van der Waals surface area contributed by atoms with Gasteiger partial charge in [-0.05, 0) is 44.4 Å². The number of rotatable bonds is 1. The summed E-state index contributed by atoms with van der Waals surface area (Å²) in [7, 11) is 0. The van der Waals surface area contributed by atoms with Crippen LogP contribution < -0.4 is 4.90 Å². The van der Waals surface area contributed by atoms with Gasteiger partial charge in [-0.1, -0.05) is 12.1 Å². The molecule has 1 fully saturated rings. The van der Waals surface area contributed by atoms with E-state index in [9.17, 15) is 13.6 Å². The monoisotopic (exact) mass is 348 g/mol. The number of piperazine rings is 1. The van der Waals surface area contributed by atoms with E-state index >= 15 is 0 Å². The molecule has 0 radical (unpaired) electrons. The predicted octanol–water partition coefficient (Wildman–Crippen LogP) is 4.18. The summed E-state index contributed by atoms with van der Waals surface area (Å²) < 4.78 is 32.5. The molecule has 0 atom stereocenters. The Morgan fingerprint density at radius 2 is 1.68 bits per heavy atom. The number of nitrogens with zero attached hydrogens (tertiary/aromatic N) is 2. The standard InChI is InChI=1S/C19H22F2N2O2/c1-19(2,3)25-18(24)23-9-7-22(8-10-23)17-6-4-5-13-11-15(20)16(21)12-14(13)17/h4-6,11-12H,7-10H2,1-3H3. The van der Waals surface area contributed by atoms with E-state index in [-0.39, 0.29) is 6.09 Å². The molecule has 2 aromatic carbocycles. The minimum Gasteiger partial charge on any atom is -0.444 e.